The second-order valence-electron chi connectivity index (χ2n) is 4.12. The zero-order valence-corrected chi connectivity index (χ0v) is 12.3. The summed E-state index contributed by atoms with van der Waals surface area (Å²) in [7, 11) is 0. The molecule has 0 aliphatic heterocycles. The number of carbonyl (C=O) groups is 1. The summed E-state index contributed by atoms with van der Waals surface area (Å²) in [5, 5.41) is 2.29. The van der Waals surface area contributed by atoms with Gasteiger partial charge in [-0.15, -0.1) is 0 Å². The summed E-state index contributed by atoms with van der Waals surface area (Å²) < 4.78 is 31.8. The molecule has 1 amide bonds. The van der Waals surface area contributed by atoms with Gasteiger partial charge in [-0.25, -0.2) is 8.78 Å². The number of nitrogens with one attached hydrogen (secondary N) is 1. The SMILES string of the molecule is Nc1ccccc1OCC(=O)Nc1cc(Br)c(F)cc1F. The minimum atomic E-state index is -0.872. The number of carbonyl (C=O) groups excluding carboxylic acids is 1. The van der Waals surface area contributed by atoms with Crippen LogP contribution < -0.4 is 15.8 Å². The number of nitrogen functional groups attached to an aromatic ring is 1. The highest BCUT2D eigenvalue weighted by atomic mass is 79.9. The summed E-state index contributed by atoms with van der Waals surface area (Å²) >= 11 is 2.91. The molecule has 0 radical (unpaired) electrons. The Morgan fingerprint density at radius 3 is 2.67 bits per heavy atom. The van der Waals surface area contributed by atoms with E-state index in [-0.39, 0.29) is 16.8 Å². The predicted octanol–water partition coefficient (Wildman–Crippen LogP) is 3.33. The maximum absolute atomic E-state index is 13.5. The number of rotatable bonds is 4. The summed E-state index contributed by atoms with van der Waals surface area (Å²) in [6.07, 6.45) is 0. The van der Waals surface area contributed by atoms with Gasteiger partial charge >= 0.3 is 0 Å². The number of nitrogens with two attached hydrogens (primary N) is 1. The molecule has 0 bridgehead atoms. The van der Waals surface area contributed by atoms with E-state index in [4.69, 9.17) is 10.5 Å². The maximum atomic E-state index is 13.5. The summed E-state index contributed by atoms with van der Waals surface area (Å²) in [5.41, 5.74) is 5.90. The molecule has 0 spiro atoms. The Hall–Kier alpha value is -2.15. The fourth-order valence-electron chi connectivity index (χ4n) is 1.56. The van der Waals surface area contributed by atoms with Crippen molar-refractivity contribution in [3.8, 4) is 5.75 Å². The molecular weight excluding hydrogens is 346 g/mol. The van der Waals surface area contributed by atoms with E-state index in [1.807, 2.05) is 0 Å². The Morgan fingerprint density at radius 2 is 1.95 bits per heavy atom. The molecule has 0 fully saturated rings. The van der Waals surface area contributed by atoms with E-state index in [0.717, 1.165) is 6.07 Å². The van der Waals surface area contributed by atoms with E-state index >= 15 is 0 Å². The fourth-order valence-corrected chi connectivity index (χ4v) is 1.90. The second-order valence-corrected chi connectivity index (χ2v) is 4.98. The lowest BCUT2D eigenvalue weighted by Crippen LogP contribution is -2.21. The van der Waals surface area contributed by atoms with Crippen LogP contribution in [0.2, 0.25) is 0 Å². The number of anilines is 2. The number of hydrogen-bond acceptors (Lipinski definition) is 3. The van der Waals surface area contributed by atoms with Crippen LogP contribution >= 0.6 is 15.9 Å². The largest absolute Gasteiger partial charge is 0.482 e. The van der Waals surface area contributed by atoms with Gasteiger partial charge in [0.15, 0.2) is 6.61 Å². The highest BCUT2D eigenvalue weighted by Crippen LogP contribution is 2.24. The molecule has 0 saturated heterocycles. The van der Waals surface area contributed by atoms with Crippen LogP contribution in [0.25, 0.3) is 0 Å². The van der Waals surface area contributed by atoms with Crippen LogP contribution in [0.3, 0.4) is 0 Å². The molecule has 2 rings (SSSR count). The van der Waals surface area contributed by atoms with E-state index in [1.54, 1.807) is 24.3 Å². The Kier molecular flexibility index (Phi) is 4.74. The van der Waals surface area contributed by atoms with Gasteiger partial charge in [0, 0.05) is 6.07 Å². The van der Waals surface area contributed by atoms with Gasteiger partial charge < -0.3 is 15.8 Å². The van der Waals surface area contributed by atoms with E-state index in [9.17, 15) is 13.6 Å². The van der Waals surface area contributed by atoms with Gasteiger partial charge in [-0.2, -0.15) is 0 Å². The Morgan fingerprint density at radius 1 is 1.24 bits per heavy atom. The molecule has 110 valence electrons. The Labute approximate surface area is 128 Å². The van der Waals surface area contributed by atoms with Crippen LogP contribution in [0, 0.1) is 11.6 Å². The lowest BCUT2D eigenvalue weighted by atomic mass is 10.3. The third-order valence-electron chi connectivity index (χ3n) is 2.56. The lowest BCUT2D eigenvalue weighted by Gasteiger charge is -2.10. The van der Waals surface area contributed by atoms with Crippen molar-refractivity contribution < 1.29 is 18.3 Å². The molecule has 0 atom stereocenters. The first-order valence-corrected chi connectivity index (χ1v) is 6.68. The van der Waals surface area contributed by atoms with Crippen LogP contribution in [0.5, 0.6) is 5.75 Å². The number of hydrogen-bond donors (Lipinski definition) is 2. The zero-order valence-electron chi connectivity index (χ0n) is 10.7. The summed E-state index contributed by atoms with van der Waals surface area (Å²) in [6, 6.07) is 8.49. The van der Waals surface area contributed by atoms with E-state index in [0.29, 0.717) is 17.5 Å². The van der Waals surface area contributed by atoms with E-state index < -0.39 is 17.5 Å². The van der Waals surface area contributed by atoms with Gasteiger partial charge in [-0.1, -0.05) is 12.1 Å². The van der Waals surface area contributed by atoms with Crippen molar-refractivity contribution in [3.63, 3.8) is 0 Å². The van der Waals surface area contributed by atoms with Gasteiger partial charge in [-0.3, -0.25) is 4.79 Å². The highest BCUT2D eigenvalue weighted by Gasteiger charge is 2.12. The highest BCUT2D eigenvalue weighted by molar-refractivity contribution is 9.10. The first-order valence-electron chi connectivity index (χ1n) is 5.89. The quantitative estimate of drug-likeness (QED) is 0.652. The molecular formula is C14H11BrF2N2O2. The van der Waals surface area contributed by atoms with Crippen molar-refractivity contribution in [2.24, 2.45) is 0 Å². The summed E-state index contributed by atoms with van der Waals surface area (Å²) in [6.45, 7) is -0.345. The molecule has 0 aliphatic rings. The van der Waals surface area contributed by atoms with Gasteiger partial charge in [0.2, 0.25) is 0 Å². The minimum absolute atomic E-state index is 0.0485. The Balaban J connectivity index is 1.99. The number of benzene rings is 2. The van der Waals surface area contributed by atoms with Gasteiger partial charge in [-0.05, 0) is 34.1 Å². The van der Waals surface area contributed by atoms with Crippen molar-refractivity contribution in [1.82, 2.24) is 0 Å². The van der Waals surface area contributed by atoms with Gasteiger partial charge in [0.1, 0.15) is 17.4 Å². The molecule has 2 aromatic rings. The monoisotopic (exact) mass is 356 g/mol. The second kappa shape index (κ2) is 6.53. The maximum Gasteiger partial charge on any atom is 0.262 e. The molecule has 0 heterocycles. The normalized spacial score (nSPS) is 10.2. The van der Waals surface area contributed by atoms with E-state index in [2.05, 4.69) is 21.2 Å². The summed E-state index contributed by atoms with van der Waals surface area (Å²) in [4.78, 5) is 11.7. The molecule has 0 aromatic heterocycles. The lowest BCUT2D eigenvalue weighted by molar-refractivity contribution is -0.118. The number of para-hydroxylation sites is 2. The average Bonchev–Trinajstić information content (AvgIpc) is 2.44. The van der Waals surface area contributed by atoms with Crippen LogP contribution in [0.15, 0.2) is 40.9 Å². The minimum Gasteiger partial charge on any atom is -0.482 e. The Bertz CT molecular complexity index is 680. The first kappa shape index (κ1) is 15.2. The van der Waals surface area contributed by atoms with Crippen molar-refractivity contribution >= 4 is 33.2 Å². The van der Waals surface area contributed by atoms with Gasteiger partial charge in [0.05, 0.1) is 15.8 Å². The summed E-state index contributed by atoms with van der Waals surface area (Å²) in [5.74, 6) is -1.86. The van der Waals surface area contributed by atoms with Crippen LogP contribution in [-0.2, 0) is 4.79 Å². The van der Waals surface area contributed by atoms with Crippen LogP contribution in [-0.4, -0.2) is 12.5 Å². The average molecular weight is 357 g/mol. The third kappa shape index (κ3) is 3.91. The molecule has 0 aliphatic carbocycles. The molecule has 2 aromatic carbocycles. The van der Waals surface area contributed by atoms with Gasteiger partial charge in [0.25, 0.3) is 5.91 Å². The fraction of sp³-hybridized carbons (Fsp3) is 0.0714. The molecule has 21 heavy (non-hydrogen) atoms. The van der Waals surface area contributed by atoms with Crippen molar-refractivity contribution in [3.05, 3.63) is 52.5 Å². The molecule has 0 unspecified atom stereocenters. The number of halogens is 3. The van der Waals surface area contributed by atoms with Crippen LogP contribution in [0.4, 0.5) is 20.2 Å². The standard InChI is InChI=1S/C14H11BrF2N2O2/c15-8-5-12(10(17)6-9(8)16)19-14(20)7-21-13-4-2-1-3-11(13)18/h1-6H,7,18H2,(H,19,20). The number of amides is 1. The topological polar surface area (TPSA) is 64.3 Å². The smallest absolute Gasteiger partial charge is 0.262 e. The third-order valence-corrected chi connectivity index (χ3v) is 3.17. The first-order chi connectivity index (χ1) is 9.97. The van der Waals surface area contributed by atoms with Crippen molar-refractivity contribution in [2.75, 3.05) is 17.7 Å². The van der Waals surface area contributed by atoms with Crippen molar-refractivity contribution in [1.29, 1.82) is 0 Å². The van der Waals surface area contributed by atoms with Crippen molar-refractivity contribution in [2.45, 2.75) is 0 Å². The molecule has 4 nitrogen and oxygen atoms in total. The predicted molar refractivity (Wildman–Crippen MR) is 79.0 cm³/mol. The number of ether oxygens (including phenoxy) is 1. The molecule has 3 N–H and O–H groups in total. The van der Waals surface area contributed by atoms with E-state index in [1.165, 1.54) is 0 Å². The molecule has 0 saturated carbocycles. The zero-order chi connectivity index (χ0) is 15.4. The van der Waals surface area contributed by atoms with Crippen LogP contribution in [0.1, 0.15) is 0 Å². The molecule has 7 heteroatoms.